The summed E-state index contributed by atoms with van der Waals surface area (Å²) in [4.78, 5) is 76.2. The first-order valence-corrected chi connectivity index (χ1v) is 16.1. The van der Waals surface area contributed by atoms with Crippen LogP contribution in [0.15, 0.2) is 48.5 Å². The summed E-state index contributed by atoms with van der Waals surface area (Å²) in [7, 11) is 0. The van der Waals surface area contributed by atoms with Gasteiger partial charge in [-0.05, 0) is 67.3 Å². The molecule has 2 rings (SSSR count). The van der Waals surface area contributed by atoms with Gasteiger partial charge in [0.15, 0.2) is 0 Å². The van der Waals surface area contributed by atoms with Crippen molar-refractivity contribution in [2.24, 2.45) is 17.6 Å². The number of aromatic hydroxyl groups is 1. The lowest BCUT2D eigenvalue weighted by atomic mass is 9.96. The van der Waals surface area contributed by atoms with Crippen LogP contribution in [0.4, 0.5) is 0 Å². The van der Waals surface area contributed by atoms with Gasteiger partial charge in [0.25, 0.3) is 0 Å². The van der Waals surface area contributed by atoms with Crippen molar-refractivity contribution in [3.8, 4) is 5.75 Å². The summed E-state index contributed by atoms with van der Waals surface area (Å²) in [5, 5.41) is 29.1. The molecule has 0 saturated carbocycles. The second-order valence-corrected chi connectivity index (χ2v) is 13.0. The highest BCUT2D eigenvalue weighted by molar-refractivity contribution is 5.96. The number of benzene rings is 2. The average Bonchev–Trinajstić information content (AvgIpc) is 3.00. The van der Waals surface area contributed by atoms with Crippen molar-refractivity contribution in [3.63, 3.8) is 0 Å². The molecule has 0 unspecified atom stereocenters. The van der Waals surface area contributed by atoms with Crippen molar-refractivity contribution in [2.45, 2.75) is 97.3 Å². The fourth-order valence-corrected chi connectivity index (χ4v) is 4.99. The number of rotatable bonds is 18. The molecule has 48 heavy (non-hydrogen) atoms. The van der Waals surface area contributed by atoms with Crippen LogP contribution in [-0.2, 0) is 41.6 Å². The molecule has 0 aliphatic rings. The molecule has 13 heteroatoms. The highest BCUT2D eigenvalue weighted by Gasteiger charge is 2.31. The number of nitrogens with one attached hydrogen (secondary N) is 4. The molecule has 5 atom stereocenters. The first-order chi connectivity index (χ1) is 22.5. The molecule has 262 valence electrons. The van der Waals surface area contributed by atoms with E-state index in [0.29, 0.717) is 11.5 Å². The Hall–Kier alpha value is -4.94. The molecule has 0 radical (unpaired) electrons. The number of phenols is 1. The number of carboxylic acids is 1. The molecule has 0 aliphatic heterocycles. The molecular weight excluding hydrogens is 618 g/mol. The third-order valence-corrected chi connectivity index (χ3v) is 7.66. The summed E-state index contributed by atoms with van der Waals surface area (Å²) >= 11 is 0. The van der Waals surface area contributed by atoms with Gasteiger partial charge in [-0.25, -0.2) is 0 Å². The van der Waals surface area contributed by atoms with Gasteiger partial charge in [0.1, 0.15) is 29.9 Å². The lowest BCUT2D eigenvalue weighted by molar-refractivity contribution is -0.140. The van der Waals surface area contributed by atoms with Crippen LogP contribution in [0.25, 0.3) is 0 Å². The van der Waals surface area contributed by atoms with Crippen LogP contribution < -0.4 is 27.0 Å². The predicted molar refractivity (Wildman–Crippen MR) is 180 cm³/mol. The molecule has 2 aromatic rings. The quantitative estimate of drug-likeness (QED) is 0.124. The predicted octanol–water partition coefficient (Wildman–Crippen LogP) is 1.90. The third kappa shape index (κ3) is 13.0. The molecule has 0 aliphatic carbocycles. The van der Waals surface area contributed by atoms with E-state index in [1.165, 1.54) is 36.8 Å². The highest BCUT2D eigenvalue weighted by Crippen LogP contribution is 2.18. The second kappa shape index (κ2) is 18.4. The van der Waals surface area contributed by atoms with E-state index in [0.717, 1.165) is 12.0 Å². The monoisotopic (exact) mass is 667 g/mol. The SMILES string of the molecule is CC(C)Cc1ccc([C@@H](C)C(=O)N[C@@H](C)C(=O)N[C@@H](CC(C)C)C(=O)N[C@@H](Cc2ccc(O)cc2)C(=O)N[C@@H](CC(=O)O)C(N)=O)cc1. The van der Waals surface area contributed by atoms with Gasteiger partial charge >= 0.3 is 5.97 Å². The second-order valence-electron chi connectivity index (χ2n) is 13.0. The lowest BCUT2D eigenvalue weighted by Gasteiger charge is -2.26. The first kappa shape index (κ1) is 39.2. The summed E-state index contributed by atoms with van der Waals surface area (Å²) in [6, 6.07) is 8.66. The van der Waals surface area contributed by atoms with Crippen LogP contribution in [0, 0.1) is 11.8 Å². The molecule has 0 heterocycles. The Morgan fingerprint density at radius 3 is 1.65 bits per heavy atom. The molecule has 13 nitrogen and oxygen atoms in total. The summed E-state index contributed by atoms with van der Waals surface area (Å²) < 4.78 is 0. The molecule has 5 amide bonds. The van der Waals surface area contributed by atoms with Crippen molar-refractivity contribution in [3.05, 3.63) is 65.2 Å². The van der Waals surface area contributed by atoms with Gasteiger partial charge in [-0.1, -0.05) is 64.1 Å². The number of nitrogens with two attached hydrogens (primary N) is 1. The van der Waals surface area contributed by atoms with Crippen LogP contribution in [0.3, 0.4) is 0 Å². The van der Waals surface area contributed by atoms with E-state index in [2.05, 4.69) is 35.1 Å². The number of carboxylic acid groups (broad SMARTS) is 1. The minimum atomic E-state index is -1.54. The van der Waals surface area contributed by atoms with Gasteiger partial charge in [0, 0.05) is 6.42 Å². The molecular formula is C35H49N5O8. The van der Waals surface area contributed by atoms with E-state index in [9.17, 15) is 33.9 Å². The van der Waals surface area contributed by atoms with Gasteiger partial charge in [0.05, 0.1) is 12.3 Å². The standard InChI is InChI=1S/C35H49N5O8/c1-19(2)15-23-7-11-25(12-8-23)21(5)32(45)37-22(6)33(46)39-28(16-20(3)4)34(47)40-29(17-24-9-13-26(41)14-10-24)35(48)38-27(31(36)44)18-30(42)43/h7-14,19-22,27-29,41H,15-18H2,1-6H3,(H2,36,44)(H,37,45)(H,38,48)(H,39,46)(H,40,47)(H,42,43)/t21-,22+,27+,28+,29+/m1/s1. The van der Waals surface area contributed by atoms with Crippen molar-refractivity contribution >= 4 is 35.5 Å². The Morgan fingerprint density at radius 1 is 0.625 bits per heavy atom. The van der Waals surface area contributed by atoms with E-state index in [4.69, 9.17) is 10.8 Å². The zero-order valence-electron chi connectivity index (χ0n) is 28.4. The largest absolute Gasteiger partial charge is 0.508 e. The number of hydrogen-bond donors (Lipinski definition) is 7. The molecule has 0 bridgehead atoms. The zero-order valence-corrected chi connectivity index (χ0v) is 28.4. The van der Waals surface area contributed by atoms with Crippen molar-refractivity contribution < 1.29 is 39.0 Å². The van der Waals surface area contributed by atoms with Crippen LogP contribution in [0.5, 0.6) is 5.75 Å². The minimum Gasteiger partial charge on any atom is -0.508 e. The fourth-order valence-electron chi connectivity index (χ4n) is 4.99. The van der Waals surface area contributed by atoms with Gasteiger partial charge < -0.3 is 37.2 Å². The van der Waals surface area contributed by atoms with Gasteiger partial charge in [-0.3, -0.25) is 28.8 Å². The van der Waals surface area contributed by atoms with E-state index in [1.807, 2.05) is 38.1 Å². The topological polar surface area (TPSA) is 217 Å². The molecule has 0 saturated heterocycles. The maximum absolute atomic E-state index is 13.6. The Morgan fingerprint density at radius 2 is 1.12 bits per heavy atom. The number of phenolic OH excluding ortho intramolecular Hbond substituents is 1. The number of amides is 5. The van der Waals surface area contributed by atoms with Crippen molar-refractivity contribution in [2.75, 3.05) is 0 Å². The maximum atomic E-state index is 13.6. The maximum Gasteiger partial charge on any atom is 0.305 e. The van der Waals surface area contributed by atoms with Crippen molar-refractivity contribution in [1.29, 1.82) is 0 Å². The summed E-state index contributed by atoms with van der Waals surface area (Å²) in [6.45, 7) is 11.2. The minimum absolute atomic E-state index is 0.0195. The summed E-state index contributed by atoms with van der Waals surface area (Å²) in [5.74, 6) is -5.12. The van der Waals surface area contributed by atoms with Crippen LogP contribution in [-0.4, -0.2) is 69.9 Å². The average molecular weight is 668 g/mol. The summed E-state index contributed by atoms with van der Waals surface area (Å²) in [6.07, 6.45) is 0.248. The van der Waals surface area contributed by atoms with Crippen molar-refractivity contribution in [1.82, 2.24) is 21.3 Å². The normalized spacial score (nSPS) is 14.2. The third-order valence-electron chi connectivity index (χ3n) is 7.66. The Balaban J connectivity index is 2.18. The Kier molecular flexibility index (Phi) is 15.1. The number of hydrogen-bond acceptors (Lipinski definition) is 7. The Labute approximate surface area is 281 Å². The van der Waals surface area contributed by atoms with E-state index in [1.54, 1.807) is 6.92 Å². The van der Waals surface area contributed by atoms with Gasteiger partial charge in [0.2, 0.25) is 29.5 Å². The number of carbonyl (C=O) groups is 6. The first-order valence-electron chi connectivity index (χ1n) is 16.1. The van der Waals surface area contributed by atoms with Crippen LogP contribution >= 0.6 is 0 Å². The molecule has 8 N–H and O–H groups in total. The summed E-state index contributed by atoms with van der Waals surface area (Å²) in [5.41, 5.74) is 7.78. The number of primary amides is 1. The number of carbonyl (C=O) groups excluding carboxylic acids is 5. The Bertz CT molecular complexity index is 1430. The van der Waals surface area contributed by atoms with E-state index in [-0.39, 0.29) is 30.4 Å². The fraction of sp³-hybridized carbons (Fsp3) is 0.486. The van der Waals surface area contributed by atoms with Crippen LogP contribution in [0.2, 0.25) is 0 Å². The van der Waals surface area contributed by atoms with Gasteiger partial charge in [-0.15, -0.1) is 0 Å². The van der Waals surface area contributed by atoms with Crippen LogP contribution in [0.1, 0.15) is 77.0 Å². The molecule has 0 aromatic heterocycles. The lowest BCUT2D eigenvalue weighted by Crippen LogP contribution is -2.58. The molecule has 0 fully saturated rings. The van der Waals surface area contributed by atoms with Gasteiger partial charge in [-0.2, -0.15) is 0 Å². The molecule has 2 aromatic carbocycles. The zero-order chi connectivity index (χ0) is 36.1. The smallest absolute Gasteiger partial charge is 0.305 e. The van der Waals surface area contributed by atoms with E-state index < -0.39 is 66.1 Å². The highest BCUT2D eigenvalue weighted by atomic mass is 16.4. The number of aliphatic carboxylic acids is 1. The molecule has 0 spiro atoms. The van der Waals surface area contributed by atoms with E-state index >= 15 is 0 Å².